The zero-order valence-corrected chi connectivity index (χ0v) is 16.2. The topological polar surface area (TPSA) is 82.3 Å². The Hall–Kier alpha value is -1.67. The molecule has 0 aliphatic rings. The molecule has 1 aromatic carbocycles. The first-order valence-electron chi connectivity index (χ1n) is 7.75. The molecule has 132 valence electrons. The minimum Gasteiger partial charge on any atom is -0.361 e. The summed E-state index contributed by atoms with van der Waals surface area (Å²) >= 11 is 8.35. The lowest BCUT2D eigenvalue weighted by molar-refractivity contribution is -0.121. The van der Waals surface area contributed by atoms with Crippen molar-refractivity contribution in [3.63, 3.8) is 0 Å². The van der Waals surface area contributed by atoms with E-state index in [2.05, 4.69) is 51.3 Å². The lowest BCUT2D eigenvalue weighted by Crippen LogP contribution is -2.47. The summed E-state index contributed by atoms with van der Waals surface area (Å²) in [4.78, 5) is 23.5. The Morgan fingerprint density at radius 3 is 2.38 bits per heavy atom. The van der Waals surface area contributed by atoms with Gasteiger partial charge in [0.2, 0.25) is 5.91 Å². The number of benzene rings is 1. The van der Waals surface area contributed by atoms with E-state index in [9.17, 15) is 9.59 Å². The molecule has 2 amide bonds. The molecule has 0 bridgehead atoms. The second-order valence-electron chi connectivity index (χ2n) is 5.62. The number of rotatable bonds is 7. The fraction of sp³-hybridized carbons (Fsp3) is 0.438. The van der Waals surface area contributed by atoms with Gasteiger partial charge in [-0.2, -0.15) is 0 Å². The van der Waals surface area contributed by atoms with Gasteiger partial charge >= 0.3 is 0 Å². The maximum Gasteiger partial charge on any atom is 0.251 e. The van der Waals surface area contributed by atoms with E-state index < -0.39 is 0 Å². The summed E-state index contributed by atoms with van der Waals surface area (Å²) < 4.78 is 0.905. The molecule has 0 saturated heterocycles. The van der Waals surface area contributed by atoms with Crippen molar-refractivity contribution >= 4 is 45.1 Å². The molecule has 8 heteroatoms. The van der Waals surface area contributed by atoms with Crippen molar-refractivity contribution in [2.45, 2.75) is 26.7 Å². The van der Waals surface area contributed by atoms with Crippen LogP contribution in [0.3, 0.4) is 0 Å². The van der Waals surface area contributed by atoms with Crippen molar-refractivity contribution < 1.29 is 9.59 Å². The molecular weight excluding hydrogens is 392 g/mol. The number of thiocarbonyl (C=S) groups is 1. The standard InChI is InChI=1S/C16H23BrN4O2S/c1-11(2)7-9-19-16(24)21-20-14(22)8-10-18-15(23)12-3-5-13(17)6-4-12/h3-6,11H,7-10H2,1-2H3,(H,18,23)(H,20,22)(H2,19,21,24). The van der Waals surface area contributed by atoms with Gasteiger partial charge in [0.15, 0.2) is 5.11 Å². The fourth-order valence-electron chi connectivity index (χ4n) is 1.70. The predicted molar refractivity (Wildman–Crippen MR) is 102 cm³/mol. The summed E-state index contributed by atoms with van der Waals surface area (Å²) in [6, 6.07) is 7.00. The third-order valence-corrected chi connectivity index (χ3v) is 3.84. The average molecular weight is 415 g/mol. The lowest BCUT2D eigenvalue weighted by atomic mass is 10.1. The number of nitrogens with one attached hydrogen (secondary N) is 4. The van der Waals surface area contributed by atoms with Gasteiger partial charge in [-0.05, 0) is 48.8 Å². The third-order valence-electron chi connectivity index (χ3n) is 3.07. The number of carbonyl (C=O) groups is 2. The molecule has 0 aromatic heterocycles. The quantitative estimate of drug-likeness (QED) is 0.405. The molecule has 0 aliphatic heterocycles. The number of hydrogen-bond acceptors (Lipinski definition) is 3. The van der Waals surface area contributed by atoms with E-state index in [4.69, 9.17) is 12.2 Å². The average Bonchev–Trinajstić information content (AvgIpc) is 2.53. The number of halogens is 1. The normalized spacial score (nSPS) is 10.2. The second-order valence-corrected chi connectivity index (χ2v) is 6.95. The predicted octanol–water partition coefficient (Wildman–Crippen LogP) is 2.11. The molecule has 0 unspecified atom stereocenters. The molecule has 0 spiro atoms. The molecule has 0 atom stereocenters. The van der Waals surface area contributed by atoms with E-state index in [0.717, 1.165) is 17.4 Å². The summed E-state index contributed by atoms with van der Waals surface area (Å²) in [6.45, 7) is 5.25. The molecule has 0 saturated carbocycles. The van der Waals surface area contributed by atoms with Crippen LogP contribution in [0.4, 0.5) is 0 Å². The zero-order valence-electron chi connectivity index (χ0n) is 13.8. The third kappa shape index (κ3) is 8.83. The van der Waals surface area contributed by atoms with Crippen LogP contribution in [0.5, 0.6) is 0 Å². The minimum atomic E-state index is -0.251. The molecule has 4 N–H and O–H groups in total. The van der Waals surface area contributed by atoms with Crippen LogP contribution in [0.15, 0.2) is 28.7 Å². The van der Waals surface area contributed by atoms with Crippen molar-refractivity contribution in [1.29, 1.82) is 0 Å². The van der Waals surface area contributed by atoms with Gasteiger partial charge in [-0.25, -0.2) is 0 Å². The first kappa shape index (κ1) is 20.4. The molecular formula is C16H23BrN4O2S. The van der Waals surface area contributed by atoms with Crippen molar-refractivity contribution in [2.24, 2.45) is 5.92 Å². The maximum absolute atomic E-state index is 11.9. The Morgan fingerprint density at radius 2 is 1.75 bits per heavy atom. The number of hydrazine groups is 1. The van der Waals surface area contributed by atoms with Gasteiger partial charge in [-0.3, -0.25) is 20.4 Å². The highest BCUT2D eigenvalue weighted by atomic mass is 79.9. The molecule has 0 fully saturated rings. The van der Waals surface area contributed by atoms with Gasteiger partial charge in [-0.15, -0.1) is 0 Å². The van der Waals surface area contributed by atoms with Crippen molar-refractivity contribution in [2.75, 3.05) is 13.1 Å². The SMILES string of the molecule is CC(C)CCNC(=S)NNC(=O)CCNC(=O)c1ccc(Br)cc1. The Kier molecular flexibility index (Phi) is 9.33. The number of amides is 2. The highest BCUT2D eigenvalue weighted by Gasteiger charge is 2.07. The Bertz CT molecular complexity index is 564. The Morgan fingerprint density at radius 1 is 1.08 bits per heavy atom. The minimum absolute atomic E-state index is 0.157. The van der Waals surface area contributed by atoms with Gasteiger partial charge in [0, 0.05) is 29.5 Å². The van der Waals surface area contributed by atoms with Crippen LogP contribution in [-0.2, 0) is 4.79 Å². The summed E-state index contributed by atoms with van der Waals surface area (Å²) in [5, 5.41) is 6.07. The Labute approximate surface area is 156 Å². The van der Waals surface area contributed by atoms with Gasteiger partial charge in [0.25, 0.3) is 5.91 Å². The second kappa shape index (κ2) is 11.0. The molecule has 0 heterocycles. The zero-order chi connectivity index (χ0) is 17.9. The van der Waals surface area contributed by atoms with Gasteiger partial charge < -0.3 is 10.6 Å². The van der Waals surface area contributed by atoms with E-state index in [-0.39, 0.29) is 24.8 Å². The van der Waals surface area contributed by atoms with E-state index in [1.165, 1.54) is 0 Å². The van der Waals surface area contributed by atoms with Crippen LogP contribution >= 0.6 is 28.1 Å². The van der Waals surface area contributed by atoms with E-state index in [1.807, 2.05) is 0 Å². The summed E-state index contributed by atoms with van der Waals surface area (Å²) in [6.07, 6.45) is 1.15. The van der Waals surface area contributed by atoms with Gasteiger partial charge in [0.1, 0.15) is 0 Å². The van der Waals surface area contributed by atoms with E-state index >= 15 is 0 Å². The van der Waals surface area contributed by atoms with Crippen molar-refractivity contribution in [3.8, 4) is 0 Å². The monoisotopic (exact) mass is 414 g/mol. The largest absolute Gasteiger partial charge is 0.361 e. The lowest BCUT2D eigenvalue weighted by Gasteiger charge is -2.12. The highest BCUT2D eigenvalue weighted by Crippen LogP contribution is 2.10. The van der Waals surface area contributed by atoms with E-state index in [0.29, 0.717) is 16.6 Å². The van der Waals surface area contributed by atoms with Crippen LogP contribution in [0.2, 0.25) is 0 Å². The van der Waals surface area contributed by atoms with Gasteiger partial charge in [0.05, 0.1) is 0 Å². The fourth-order valence-corrected chi connectivity index (χ4v) is 2.12. The summed E-state index contributed by atoms with van der Waals surface area (Å²) in [5.41, 5.74) is 5.67. The molecule has 24 heavy (non-hydrogen) atoms. The molecule has 1 aromatic rings. The number of hydrogen-bond donors (Lipinski definition) is 4. The van der Waals surface area contributed by atoms with Crippen LogP contribution < -0.4 is 21.5 Å². The van der Waals surface area contributed by atoms with Crippen molar-refractivity contribution in [3.05, 3.63) is 34.3 Å². The molecule has 1 rings (SSSR count). The maximum atomic E-state index is 11.9. The highest BCUT2D eigenvalue weighted by molar-refractivity contribution is 9.10. The summed E-state index contributed by atoms with van der Waals surface area (Å²) in [7, 11) is 0. The molecule has 0 radical (unpaired) electrons. The van der Waals surface area contributed by atoms with Crippen molar-refractivity contribution in [1.82, 2.24) is 21.5 Å². The first-order chi connectivity index (χ1) is 11.4. The van der Waals surface area contributed by atoms with Crippen LogP contribution in [-0.4, -0.2) is 30.0 Å². The number of carbonyl (C=O) groups excluding carboxylic acids is 2. The van der Waals surface area contributed by atoms with Crippen LogP contribution in [0.25, 0.3) is 0 Å². The van der Waals surface area contributed by atoms with Gasteiger partial charge in [-0.1, -0.05) is 29.8 Å². The molecule has 6 nitrogen and oxygen atoms in total. The first-order valence-corrected chi connectivity index (χ1v) is 8.95. The molecule has 0 aliphatic carbocycles. The van der Waals surface area contributed by atoms with Crippen LogP contribution in [0.1, 0.15) is 37.0 Å². The van der Waals surface area contributed by atoms with Crippen LogP contribution in [0, 0.1) is 5.92 Å². The van der Waals surface area contributed by atoms with E-state index in [1.54, 1.807) is 24.3 Å². The Balaban J connectivity index is 2.16. The summed E-state index contributed by atoms with van der Waals surface area (Å²) in [5.74, 6) is 0.123. The smallest absolute Gasteiger partial charge is 0.251 e.